The Hall–Kier alpha value is -1.25. The highest BCUT2D eigenvalue weighted by Gasteiger charge is 2.32. The minimum Gasteiger partial charge on any atom is -0.330 e. The van der Waals surface area contributed by atoms with Gasteiger partial charge in [0.2, 0.25) is 0 Å². The summed E-state index contributed by atoms with van der Waals surface area (Å²) in [6.45, 7) is 2.00. The standard InChI is InChI=1S/C14H16N2O4S2.ClH/c1-10(21-22-11-4-2-3-9-15-11)5-8-14(19)20-16-12(17)6-7-13(16)18;/h2-4,9-10H,5-8H2,1H3;1H. The van der Waals surface area contributed by atoms with Gasteiger partial charge in [0, 0.05) is 30.7 Å². The Morgan fingerprint density at radius 2 is 2.04 bits per heavy atom. The largest absolute Gasteiger partial charge is 0.333 e. The van der Waals surface area contributed by atoms with Gasteiger partial charge < -0.3 is 4.84 Å². The highest BCUT2D eigenvalue weighted by Crippen LogP contribution is 2.34. The minimum absolute atomic E-state index is 0. The van der Waals surface area contributed by atoms with E-state index in [1.54, 1.807) is 27.8 Å². The van der Waals surface area contributed by atoms with Crippen LogP contribution in [-0.2, 0) is 19.2 Å². The number of carbonyl (C=O) groups excluding carboxylic acids is 3. The topological polar surface area (TPSA) is 76.6 Å². The molecule has 1 aromatic rings. The fourth-order valence-electron chi connectivity index (χ4n) is 1.70. The molecule has 1 aliphatic rings. The molecule has 1 atom stereocenters. The average molecular weight is 377 g/mol. The van der Waals surface area contributed by atoms with Gasteiger partial charge in [-0.25, -0.2) is 9.78 Å². The van der Waals surface area contributed by atoms with Crippen molar-refractivity contribution in [3.8, 4) is 0 Å². The van der Waals surface area contributed by atoms with Gasteiger partial charge in [0.25, 0.3) is 11.8 Å². The fraction of sp³-hybridized carbons (Fsp3) is 0.429. The lowest BCUT2D eigenvalue weighted by Gasteiger charge is -2.13. The van der Waals surface area contributed by atoms with Crippen molar-refractivity contribution in [1.29, 1.82) is 0 Å². The lowest BCUT2D eigenvalue weighted by molar-refractivity contribution is -0.197. The predicted molar refractivity (Wildman–Crippen MR) is 90.8 cm³/mol. The van der Waals surface area contributed by atoms with Crippen molar-refractivity contribution in [3.63, 3.8) is 0 Å². The van der Waals surface area contributed by atoms with Crippen molar-refractivity contribution in [2.45, 2.75) is 42.9 Å². The second kappa shape index (κ2) is 9.79. The van der Waals surface area contributed by atoms with Gasteiger partial charge in [-0.05, 0) is 29.3 Å². The van der Waals surface area contributed by atoms with Crippen LogP contribution in [0.1, 0.15) is 32.6 Å². The Balaban J connectivity index is 0.00000264. The number of aromatic nitrogens is 1. The molecule has 9 heteroatoms. The van der Waals surface area contributed by atoms with E-state index in [1.807, 2.05) is 25.1 Å². The summed E-state index contributed by atoms with van der Waals surface area (Å²) in [7, 11) is 3.16. The lowest BCUT2D eigenvalue weighted by atomic mass is 10.2. The number of rotatable bonds is 7. The number of nitrogens with zero attached hydrogens (tertiary/aromatic N) is 2. The van der Waals surface area contributed by atoms with Gasteiger partial charge in [0.1, 0.15) is 5.03 Å². The molecule has 1 aliphatic heterocycles. The second-order valence-electron chi connectivity index (χ2n) is 4.74. The van der Waals surface area contributed by atoms with Crippen molar-refractivity contribution in [2.75, 3.05) is 0 Å². The first-order valence-corrected chi connectivity index (χ1v) is 9.08. The normalized spacial score (nSPS) is 15.3. The summed E-state index contributed by atoms with van der Waals surface area (Å²) in [5.41, 5.74) is 0. The van der Waals surface area contributed by atoms with Crippen LogP contribution in [0, 0.1) is 0 Å². The van der Waals surface area contributed by atoms with Crippen molar-refractivity contribution >= 4 is 51.8 Å². The molecule has 1 fully saturated rings. The zero-order chi connectivity index (χ0) is 15.9. The van der Waals surface area contributed by atoms with E-state index in [4.69, 9.17) is 4.84 Å². The van der Waals surface area contributed by atoms with Gasteiger partial charge in [-0.15, -0.1) is 17.5 Å². The van der Waals surface area contributed by atoms with Crippen LogP contribution in [0.4, 0.5) is 0 Å². The van der Waals surface area contributed by atoms with Crippen molar-refractivity contribution in [1.82, 2.24) is 10.0 Å². The Bertz CT molecular complexity index is 543. The third-order valence-electron chi connectivity index (χ3n) is 2.89. The SMILES string of the molecule is CC(CCC(=O)ON1C(=O)CCC1=O)SSc1ccccn1.Cl. The molecule has 1 saturated heterocycles. The number of imide groups is 1. The van der Waals surface area contributed by atoms with Crippen LogP contribution >= 0.6 is 34.0 Å². The van der Waals surface area contributed by atoms with Crippen LogP contribution in [0.5, 0.6) is 0 Å². The maximum atomic E-state index is 11.7. The molecule has 126 valence electrons. The number of hydroxylamine groups is 2. The first-order valence-electron chi connectivity index (χ1n) is 6.87. The van der Waals surface area contributed by atoms with Crippen LogP contribution in [0.2, 0.25) is 0 Å². The summed E-state index contributed by atoms with van der Waals surface area (Å²) in [5, 5.41) is 1.71. The Kier molecular flexibility index (Phi) is 8.43. The smallest absolute Gasteiger partial charge is 0.330 e. The maximum Gasteiger partial charge on any atom is 0.333 e. The quantitative estimate of drug-likeness (QED) is 0.534. The molecule has 2 rings (SSSR count). The van der Waals surface area contributed by atoms with E-state index in [-0.39, 0.29) is 36.9 Å². The molecule has 2 amide bonds. The third kappa shape index (κ3) is 6.40. The molecule has 1 aromatic heterocycles. The van der Waals surface area contributed by atoms with Crippen molar-refractivity contribution in [3.05, 3.63) is 24.4 Å². The zero-order valence-corrected chi connectivity index (χ0v) is 14.9. The van der Waals surface area contributed by atoms with Crippen molar-refractivity contribution < 1.29 is 19.2 Å². The van der Waals surface area contributed by atoms with Gasteiger partial charge in [-0.3, -0.25) is 9.59 Å². The molecule has 0 saturated carbocycles. The maximum absolute atomic E-state index is 11.7. The van der Waals surface area contributed by atoms with E-state index in [1.165, 1.54) is 0 Å². The molecule has 0 spiro atoms. The minimum atomic E-state index is -0.557. The molecule has 0 aromatic carbocycles. The first kappa shape index (κ1) is 19.8. The number of halogens is 1. The summed E-state index contributed by atoms with van der Waals surface area (Å²) in [6.07, 6.45) is 2.71. The van der Waals surface area contributed by atoms with E-state index in [2.05, 4.69) is 4.98 Å². The monoisotopic (exact) mass is 376 g/mol. The second-order valence-corrected chi connectivity index (χ2v) is 7.40. The van der Waals surface area contributed by atoms with E-state index in [0.29, 0.717) is 11.5 Å². The van der Waals surface area contributed by atoms with E-state index >= 15 is 0 Å². The molecule has 1 unspecified atom stereocenters. The number of pyridine rings is 1. The first-order chi connectivity index (χ1) is 10.6. The zero-order valence-electron chi connectivity index (χ0n) is 12.5. The summed E-state index contributed by atoms with van der Waals surface area (Å²) in [5.74, 6) is -1.46. The molecule has 23 heavy (non-hydrogen) atoms. The molecule has 0 N–H and O–H groups in total. The van der Waals surface area contributed by atoms with Gasteiger partial charge >= 0.3 is 5.97 Å². The number of hydrogen-bond acceptors (Lipinski definition) is 7. The molecular formula is C14H17ClN2O4S2. The summed E-state index contributed by atoms with van der Waals surface area (Å²) in [6, 6.07) is 5.69. The Morgan fingerprint density at radius 1 is 1.35 bits per heavy atom. The number of amides is 2. The van der Waals surface area contributed by atoms with Crippen molar-refractivity contribution in [2.24, 2.45) is 0 Å². The van der Waals surface area contributed by atoms with Crippen LogP contribution < -0.4 is 0 Å². The molecule has 2 heterocycles. The average Bonchev–Trinajstić information content (AvgIpc) is 2.84. The van der Waals surface area contributed by atoms with E-state index in [9.17, 15) is 14.4 Å². The van der Waals surface area contributed by atoms with Crippen LogP contribution in [0.15, 0.2) is 29.4 Å². The van der Waals surface area contributed by atoms with Gasteiger partial charge in [0.15, 0.2) is 0 Å². The highest BCUT2D eigenvalue weighted by atomic mass is 35.5. The number of carbonyl (C=O) groups is 3. The molecule has 6 nitrogen and oxygen atoms in total. The summed E-state index contributed by atoms with van der Waals surface area (Å²) < 4.78 is 0. The van der Waals surface area contributed by atoms with Gasteiger partial charge in [-0.2, -0.15) is 0 Å². The van der Waals surface area contributed by atoms with Crippen LogP contribution in [0.3, 0.4) is 0 Å². The molecular weight excluding hydrogens is 360 g/mol. The fourth-order valence-corrected chi connectivity index (χ4v) is 3.79. The molecule has 0 radical (unpaired) electrons. The number of hydrogen-bond donors (Lipinski definition) is 0. The summed E-state index contributed by atoms with van der Waals surface area (Å²) >= 11 is 0. The summed E-state index contributed by atoms with van der Waals surface area (Å²) in [4.78, 5) is 43.4. The van der Waals surface area contributed by atoms with Gasteiger partial charge in [-0.1, -0.05) is 23.8 Å². The lowest BCUT2D eigenvalue weighted by Crippen LogP contribution is -2.32. The molecule has 0 aliphatic carbocycles. The Labute approximate surface area is 148 Å². The van der Waals surface area contributed by atoms with Crippen LogP contribution in [0.25, 0.3) is 0 Å². The third-order valence-corrected chi connectivity index (χ3v) is 5.75. The predicted octanol–water partition coefficient (Wildman–Crippen LogP) is 3.02. The highest BCUT2D eigenvalue weighted by molar-refractivity contribution is 8.76. The van der Waals surface area contributed by atoms with Gasteiger partial charge in [0.05, 0.1) is 0 Å². The van der Waals surface area contributed by atoms with Crippen LogP contribution in [-0.4, -0.2) is 33.1 Å². The molecule has 0 bridgehead atoms. The Morgan fingerprint density at radius 3 is 2.65 bits per heavy atom. The van der Waals surface area contributed by atoms with E-state index in [0.717, 1.165) is 5.03 Å². The van der Waals surface area contributed by atoms with E-state index < -0.39 is 17.8 Å².